The molecule has 0 bridgehead atoms. The number of aromatic amines is 1. The summed E-state index contributed by atoms with van der Waals surface area (Å²) < 4.78 is 37.0. The lowest BCUT2D eigenvalue weighted by Gasteiger charge is -2.16. The first-order valence-electron chi connectivity index (χ1n) is 10.6. The van der Waals surface area contributed by atoms with Crippen LogP contribution in [-0.2, 0) is 4.79 Å². The van der Waals surface area contributed by atoms with Crippen molar-refractivity contribution in [2.75, 3.05) is 0 Å². The largest absolute Gasteiger partial charge is 0.415 e. The molecule has 32 heavy (non-hydrogen) atoms. The maximum Gasteiger partial charge on any atom is 0.415 e. The van der Waals surface area contributed by atoms with E-state index in [1.54, 1.807) is 19.1 Å². The van der Waals surface area contributed by atoms with Gasteiger partial charge < -0.3 is 4.79 Å². The Morgan fingerprint density at radius 1 is 1.25 bits per heavy atom. The van der Waals surface area contributed by atoms with E-state index in [1.165, 1.54) is 13.0 Å². The van der Waals surface area contributed by atoms with Crippen LogP contribution in [-0.4, -0.2) is 22.2 Å². The Morgan fingerprint density at radius 2 is 1.91 bits per heavy atom. The molecule has 0 aromatic carbocycles. The molecule has 0 aliphatic heterocycles. The predicted octanol–water partition coefficient (Wildman–Crippen LogP) is 7.87. The van der Waals surface area contributed by atoms with Crippen LogP contribution in [0.25, 0.3) is 5.57 Å². The normalized spacial score (nSPS) is 13.8. The summed E-state index contributed by atoms with van der Waals surface area (Å²) in [7, 11) is 0. The SMILES string of the molecule is C=C(/C=C\C(=C/C)C(CCC)CC(C)=O)C(F)(F)F.C=C/C=C(\C=C/C)c1cc(C)[nH]n1. The average molecular weight is 449 g/mol. The number of carbonyl (C=O) groups excluding carboxylic acids is 1. The topological polar surface area (TPSA) is 45.8 Å². The second-order valence-corrected chi connectivity index (χ2v) is 7.33. The summed E-state index contributed by atoms with van der Waals surface area (Å²) in [5.41, 5.74) is 2.96. The van der Waals surface area contributed by atoms with Crippen LogP contribution in [0, 0.1) is 12.8 Å². The first-order valence-corrected chi connectivity index (χ1v) is 10.6. The van der Waals surface area contributed by atoms with Crippen molar-refractivity contribution in [1.82, 2.24) is 10.2 Å². The quantitative estimate of drug-likeness (QED) is 0.370. The number of alkyl halides is 3. The molecule has 0 spiro atoms. The molecule has 0 aliphatic rings. The van der Waals surface area contributed by atoms with E-state index in [4.69, 9.17) is 0 Å². The number of hydrogen-bond donors (Lipinski definition) is 1. The summed E-state index contributed by atoms with van der Waals surface area (Å²) >= 11 is 0. The number of ketones is 1. The van der Waals surface area contributed by atoms with Crippen LogP contribution in [0.1, 0.15) is 58.3 Å². The van der Waals surface area contributed by atoms with Gasteiger partial charge in [-0.05, 0) is 51.7 Å². The third-order valence-corrected chi connectivity index (χ3v) is 4.46. The fourth-order valence-electron chi connectivity index (χ4n) is 2.94. The van der Waals surface area contributed by atoms with Gasteiger partial charge in [0.1, 0.15) is 5.78 Å². The molecule has 1 aromatic rings. The number of rotatable bonds is 10. The molecule has 1 heterocycles. The van der Waals surface area contributed by atoms with Crippen LogP contribution in [0.5, 0.6) is 0 Å². The molecule has 0 saturated carbocycles. The number of carbonyl (C=O) groups is 1. The van der Waals surface area contributed by atoms with E-state index in [1.807, 2.05) is 45.1 Å². The van der Waals surface area contributed by atoms with Gasteiger partial charge >= 0.3 is 6.18 Å². The number of halogens is 3. The van der Waals surface area contributed by atoms with Crippen molar-refractivity contribution in [3.8, 4) is 0 Å². The third-order valence-electron chi connectivity index (χ3n) is 4.46. The van der Waals surface area contributed by atoms with Crippen LogP contribution in [0.4, 0.5) is 13.2 Å². The second-order valence-electron chi connectivity index (χ2n) is 7.33. The molecule has 1 atom stereocenters. The molecule has 0 aliphatic carbocycles. The Labute approximate surface area is 190 Å². The fraction of sp³-hybridized carbons (Fsp3) is 0.385. The van der Waals surface area contributed by atoms with E-state index in [0.29, 0.717) is 6.42 Å². The molecule has 176 valence electrons. The number of aryl methyl sites for hydroxylation is 1. The van der Waals surface area contributed by atoms with Gasteiger partial charge in [0.25, 0.3) is 0 Å². The Kier molecular flexibility index (Phi) is 13.6. The standard InChI is InChI=1S/C15H21F3O.C11H14N2/c1-5-7-14(10-12(4)19)13(6-2)9-8-11(3)15(16,17)18;1-4-6-10(7-5-2)11-8-9(3)12-13-11/h6,8-9,14H,3,5,7,10H2,1-2,4H3;4-8H,1H2,2-3H3,(H,12,13)/b9-8-,13-6+;7-5-,10-6+. The molecule has 1 aromatic heterocycles. The summed E-state index contributed by atoms with van der Waals surface area (Å²) in [6, 6.07) is 2.01. The lowest BCUT2D eigenvalue weighted by atomic mass is 9.89. The highest BCUT2D eigenvalue weighted by molar-refractivity contribution is 5.76. The van der Waals surface area contributed by atoms with E-state index in [-0.39, 0.29) is 11.7 Å². The Balaban J connectivity index is 0.000000641. The second kappa shape index (κ2) is 15.0. The van der Waals surface area contributed by atoms with Crippen molar-refractivity contribution < 1.29 is 18.0 Å². The van der Waals surface area contributed by atoms with Gasteiger partial charge in [0.05, 0.1) is 5.69 Å². The summed E-state index contributed by atoms with van der Waals surface area (Å²) in [5, 5.41) is 7.07. The maximum absolute atomic E-state index is 12.3. The zero-order valence-electron chi connectivity index (χ0n) is 19.7. The summed E-state index contributed by atoms with van der Waals surface area (Å²) in [5.74, 6) is 0.0191. The van der Waals surface area contributed by atoms with Gasteiger partial charge in [-0.15, -0.1) is 0 Å². The van der Waals surface area contributed by atoms with E-state index in [0.717, 1.165) is 41.5 Å². The number of aromatic nitrogens is 2. The van der Waals surface area contributed by atoms with Gasteiger partial charge in [-0.1, -0.05) is 69.0 Å². The van der Waals surface area contributed by atoms with Crippen LogP contribution in [0.15, 0.2) is 72.9 Å². The smallest absolute Gasteiger partial charge is 0.300 e. The van der Waals surface area contributed by atoms with Crippen molar-refractivity contribution >= 4 is 11.4 Å². The van der Waals surface area contributed by atoms with Crippen molar-refractivity contribution in [1.29, 1.82) is 0 Å². The summed E-state index contributed by atoms with van der Waals surface area (Å²) in [4.78, 5) is 11.2. The number of Topliss-reactive ketones (excluding diaryl/α,β-unsaturated/α-hetero) is 1. The average Bonchev–Trinajstić information content (AvgIpc) is 3.14. The Hall–Kier alpha value is -2.89. The lowest BCUT2D eigenvalue weighted by molar-refractivity contribution is -0.117. The van der Waals surface area contributed by atoms with E-state index in [9.17, 15) is 18.0 Å². The van der Waals surface area contributed by atoms with Gasteiger partial charge in [-0.25, -0.2) is 0 Å². The predicted molar refractivity (Wildman–Crippen MR) is 128 cm³/mol. The van der Waals surface area contributed by atoms with Gasteiger partial charge in [0, 0.05) is 23.3 Å². The Morgan fingerprint density at radius 3 is 2.31 bits per heavy atom. The van der Waals surface area contributed by atoms with E-state index >= 15 is 0 Å². The van der Waals surface area contributed by atoms with Crippen LogP contribution in [0.3, 0.4) is 0 Å². The minimum atomic E-state index is -4.41. The van der Waals surface area contributed by atoms with Crippen molar-refractivity contribution in [2.24, 2.45) is 5.92 Å². The molecule has 0 fully saturated rings. The molecule has 1 rings (SSSR count). The van der Waals surface area contributed by atoms with Crippen molar-refractivity contribution in [3.05, 3.63) is 84.3 Å². The zero-order chi connectivity index (χ0) is 24.7. The highest BCUT2D eigenvalue weighted by atomic mass is 19.4. The molecular weight excluding hydrogens is 413 g/mol. The molecule has 0 saturated heterocycles. The number of nitrogens with zero attached hydrogens (tertiary/aromatic N) is 1. The molecule has 0 amide bonds. The van der Waals surface area contributed by atoms with E-state index in [2.05, 4.69) is 23.4 Å². The third kappa shape index (κ3) is 11.5. The Bertz CT molecular complexity index is 868. The number of nitrogens with one attached hydrogen (secondary N) is 1. The van der Waals surface area contributed by atoms with E-state index < -0.39 is 11.7 Å². The maximum atomic E-state index is 12.3. The fourth-order valence-corrected chi connectivity index (χ4v) is 2.94. The van der Waals surface area contributed by atoms with Gasteiger partial charge in [-0.2, -0.15) is 18.3 Å². The molecule has 3 nitrogen and oxygen atoms in total. The highest BCUT2D eigenvalue weighted by Gasteiger charge is 2.29. The van der Waals surface area contributed by atoms with Crippen molar-refractivity contribution in [3.63, 3.8) is 0 Å². The van der Waals surface area contributed by atoms with Crippen LogP contribution in [0.2, 0.25) is 0 Å². The minimum Gasteiger partial charge on any atom is -0.300 e. The molecule has 6 heteroatoms. The highest BCUT2D eigenvalue weighted by Crippen LogP contribution is 2.27. The molecule has 1 unspecified atom stereocenters. The van der Waals surface area contributed by atoms with Gasteiger partial charge in [0.15, 0.2) is 0 Å². The van der Waals surface area contributed by atoms with Gasteiger partial charge in [-0.3, -0.25) is 5.10 Å². The van der Waals surface area contributed by atoms with Crippen LogP contribution >= 0.6 is 0 Å². The lowest BCUT2D eigenvalue weighted by Crippen LogP contribution is -2.10. The van der Waals surface area contributed by atoms with Crippen LogP contribution < -0.4 is 0 Å². The minimum absolute atomic E-state index is 0.0233. The van der Waals surface area contributed by atoms with Crippen molar-refractivity contribution in [2.45, 2.75) is 60.1 Å². The number of allylic oxidation sites excluding steroid dienone is 10. The molecule has 0 radical (unpaired) electrons. The molecule has 1 N–H and O–H groups in total. The summed E-state index contributed by atoms with van der Waals surface area (Å²) in [6.07, 6.45) is 9.45. The number of H-pyrrole nitrogens is 1. The monoisotopic (exact) mass is 448 g/mol. The molecular formula is C26H35F3N2O. The first-order chi connectivity index (χ1) is 15.0. The summed E-state index contributed by atoms with van der Waals surface area (Å²) in [6.45, 7) is 15.9. The first kappa shape index (κ1) is 29.1. The number of hydrogen-bond acceptors (Lipinski definition) is 2. The zero-order valence-corrected chi connectivity index (χ0v) is 19.7. The van der Waals surface area contributed by atoms with Gasteiger partial charge in [0.2, 0.25) is 0 Å².